The number of halogens is 4. The summed E-state index contributed by atoms with van der Waals surface area (Å²) in [5, 5.41) is -0.554. The molecule has 0 aliphatic heterocycles. The topological polar surface area (TPSA) is 69.7 Å². The van der Waals surface area contributed by atoms with E-state index in [0.717, 1.165) is 19.4 Å². The minimum Gasteiger partial charge on any atom is -0.481 e. The summed E-state index contributed by atoms with van der Waals surface area (Å²) in [5.74, 6) is -1.65. The lowest BCUT2D eigenvalue weighted by molar-refractivity contribution is -0.153. The molecule has 1 aromatic carbocycles. The van der Waals surface area contributed by atoms with E-state index < -0.39 is 44.3 Å². The van der Waals surface area contributed by atoms with Gasteiger partial charge in [-0.25, -0.2) is 13.2 Å². The van der Waals surface area contributed by atoms with Gasteiger partial charge in [0, 0.05) is 6.26 Å². The van der Waals surface area contributed by atoms with Crippen LogP contribution in [0.2, 0.25) is 5.02 Å². The van der Waals surface area contributed by atoms with Gasteiger partial charge >= 0.3 is 12.1 Å². The van der Waals surface area contributed by atoms with Crippen molar-refractivity contribution in [1.82, 2.24) is 0 Å². The Morgan fingerprint density at radius 1 is 1.36 bits per heavy atom. The van der Waals surface area contributed by atoms with Gasteiger partial charge in [0.05, 0.1) is 17.7 Å². The first kappa shape index (κ1) is 18.6. The van der Waals surface area contributed by atoms with Crippen LogP contribution in [0.25, 0.3) is 0 Å². The summed E-state index contributed by atoms with van der Waals surface area (Å²) in [6.45, 7) is -0.446. The molecule has 0 saturated carbocycles. The number of aryl methyl sites for hydroxylation is 1. The van der Waals surface area contributed by atoms with Gasteiger partial charge in [-0.2, -0.15) is 13.2 Å². The van der Waals surface area contributed by atoms with Gasteiger partial charge in [0.1, 0.15) is 4.90 Å². The van der Waals surface area contributed by atoms with E-state index in [1.807, 2.05) is 0 Å². The molecule has 0 atom stereocenters. The van der Waals surface area contributed by atoms with Gasteiger partial charge < -0.3 is 9.47 Å². The highest BCUT2D eigenvalue weighted by molar-refractivity contribution is 7.90. The number of methoxy groups -OCH3 is 1. The SMILES string of the molecule is COC(=O)c1cc(C)c(S(C)(=O)=O)c(OCC(F)(F)F)c1Cl. The lowest BCUT2D eigenvalue weighted by Crippen LogP contribution is -2.21. The lowest BCUT2D eigenvalue weighted by atomic mass is 10.1. The zero-order valence-electron chi connectivity index (χ0n) is 11.7. The maximum Gasteiger partial charge on any atom is 0.422 e. The Balaban J connectivity index is 3.59. The Morgan fingerprint density at radius 2 is 1.91 bits per heavy atom. The van der Waals surface area contributed by atoms with E-state index in [1.165, 1.54) is 6.92 Å². The average molecular weight is 361 g/mol. The van der Waals surface area contributed by atoms with Crippen molar-refractivity contribution in [3.63, 3.8) is 0 Å². The lowest BCUT2D eigenvalue weighted by Gasteiger charge is -2.17. The third kappa shape index (κ3) is 4.26. The van der Waals surface area contributed by atoms with Crippen molar-refractivity contribution < 1.29 is 35.9 Å². The Hall–Kier alpha value is -1.48. The van der Waals surface area contributed by atoms with Crippen LogP contribution in [0, 0.1) is 6.92 Å². The second kappa shape index (κ2) is 6.33. The van der Waals surface area contributed by atoms with Crippen LogP contribution in [-0.2, 0) is 14.6 Å². The fourth-order valence-corrected chi connectivity index (χ4v) is 3.23. The quantitative estimate of drug-likeness (QED) is 0.772. The summed E-state index contributed by atoms with van der Waals surface area (Å²) >= 11 is 5.84. The van der Waals surface area contributed by atoms with Crippen molar-refractivity contribution in [2.45, 2.75) is 18.0 Å². The summed E-state index contributed by atoms with van der Waals surface area (Å²) in [6.07, 6.45) is -3.91. The van der Waals surface area contributed by atoms with Gasteiger partial charge in [-0.3, -0.25) is 0 Å². The van der Waals surface area contributed by atoms with Crippen molar-refractivity contribution in [3.8, 4) is 5.75 Å². The van der Waals surface area contributed by atoms with Crippen molar-refractivity contribution >= 4 is 27.4 Å². The van der Waals surface area contributed by atoms with Crippen molar-refractivity contribution in [2.24, 2.45) is 0 Å². The molecular formula is C12H12ClF3O5S. The molecule has 1 aromatic rings. The minimum absolute atomic E-state index is 0.0180. The van der Waals surface area contributed by atoms with Gasteiger partial charge in [0.25, 0.3) is 0 Å². The number of benzene rings is 1. The smallest absolute Gasteiger partial charge is 0.422 e. The normalized spacial score (nSPS) is 12.1. The molecule has 1 rings (SSSR count). The van der Waals surface area contributed by atoms with E-state index in [9.17, 15) is 26.4 Å². The summed E-state index contributed by atoms with van der Waals surface area (Å²) < 4.78 is 69.5. The van der Waals surface area contributed by atoms with Crippen molar-refractivity contribution in [1.29, 1.82) is 0 Å². The van der Waals surface area contributed by atoms with Gasteiger partial charge in [-0.05, 0) is 18.6 Å². The third-order valence-electron chi connectivity index (χ3n) is 2.52. The highest BCUT2D eigenvalue weighted by atomic mass is 35.5. The average Bonchev–Trinajstić information content (AvgIpc) is 2.35. The van der Waals surface area contributed by atoms with E-state index in [4.69, 9.17) is 11.6 Å². The molecule has 0 aromatic heterocycles. The van der Waals surface area contributed by atoms with E-state index in [2.05, 4.69) is 9.47 Å². The number of carbonyl (C=O) groups excluding carboxylic acids is 1. The summed E-state index contributed by atoms with van der Waals surface area (Å²) in [4.78, 5) is 11.1. The number of rotatable bonds is 4. The maximum absolute atomic E-state index is 12.3. The molecule has 0 bridgehead atoms. The fourth-order valence-electron chi connectivity index (χ4n) is 1.75. The molecule has 5 nitrogen and oxygen atoms in total. The molecule has 0 radical (unpaired) electrons. The Kier molecular flexibility index (Phi) is 5.34. The molecule has 0 unspecified atom stereocenters. The standard InChI is InChI=1S/C12H12ClF3O5S/c1-6-4-7(11(17)20-2)8(13)9(10(6)22(3,18)19)21-5-12(14,15)16/h4H,5H2,1-3H3. The van der Waals surface area contributed by atoms with E-state index in [-0.39, 0.29) is 11.1 Å². The van der Waals surface area contributed by atoms with Crippen LogP contribution in [0.15, 0.2) is 11.0 Å². The number of ether oxygens (including phenoxy) is 2. The molecule has 10 heteroatoms. The Labute approximate surface area is 129 Å². The molecule has 0 fully saturated rings. The number of hydrogen-bond acceptors (Lipinski definition) is 5. The molecule has 22 heavy (non-hydrogen) atoms. The molecule has 0 aliphatic carbocycles. The van der Waals surface area contributed by atoms with E-state index in [0.29, 0.717) is 0 Å². The maximum atomic E-state index is 12.3. The van der Waals surface area contributed by atoms with Crippen LogP contribution >= 0.6 is 11.6 Å². The number of hydrogen-bond donors (Lipinski definition) is 0. The first-order valence-corrected chi connectivity index (χ1v) is 7.96. The molecule has 0 aliphatic rings. The van der Waals surface area contributed by atoms with Crippen LogP contribution in [0.3, 0.4) is 0 Å². The van der Waals surface area contributed by atoms with Crippen molar-refractivity contribution in [3.05, 3.63) is 22.2 Å². The highest BCUT2D eigenvalue weighted by Gasteiger charge is 2.32. The Morgan fingerprint density at radius 3 is 2.32 bits per heavy atom. The summed E-state index contributed by atoms with van der Waals surface area (Å²) in [5.41, 5.74) is -0.268. The molecule has 0 amide bonds. The number of alkyl halides is 3. The molecule has 0 saturated heterocycles. The van der Waals surface area contributed by atoms with Gasteiger partial charge in [0.15, 0.2) is 22.2 Å². The number of carbonyl (C=O) groups is 1. The second-order valence-corrected chi connectivity index (χ2v) is 6.71. The zero-order chi connectivity index (χ0) is 17.3. The first-order valence-electron chi connectivity index (χ1n) is 5.69. The van der Waals surface area contributed by atoms with Gasteiger partial charge in [-0.1, -0.05) is 11.6 Å². The van der Waals surface area contributed by atoms with E-state index >= 15 is 0 Å². The summed E-state index contributed by atoms with van der Waals surface area (Å²) in [6, 6.07) is 1.12. The van der Waals surface area contributed by atoms with Gasteiger partial charge in [-0.15, -0.1) is 0 Å². The van der Waals surface area contributed by atoms with E-state index in [1.54, 1.807) is 0 Å². The predicted octanol–water partition coefficient (Wildman–Crippen LogP) is 2.78. The first-order chi connectivity index (χ1) is 9.88. The third-order valence-corrected chi connectivity index (χ3v) is 4.14. The van der Waals surface area contributed by atoms with Gasteiger partial charge in [0.2, 0.25) is 0 Å². The fraction of sp³-hybridized carbons (Fsp3) is 0.417. The highest BCUT2D eigenvalue weighted by Crippen LogP contribution is 2.38. The molecular weight excluding hydrogens is 349 g/mol. The van der Waals surface area contributed by atoms with Crippen LogP contribution in [-0.4, -0.2) is 40.5 Å². The molecule has 0 heterocycles. The van der Waals surface area contributed by atoms with Crippen molar-refractivity contribution in [2.75, 3.05) is 20.0 Å². The van der Waals surface area contributed by atoms with Crippen LogP contribution in [0.1, 0.15) is 15.9 Å². The minimum atomic E-state index is -4.70. The molecule has 0 spiro atoms. The summed E-state index contributed by atoms with van der Waals surface area (Å²) in [7, 11) is -2.88. The zero-order valence-corrected chi connectivity index (χ0v) is 13.3. The number of esters is 1. The Bertz CT molecular complexity index is 698. The largest absolute Gasteiger partial charge is 0.481 e. The second-order valence-electron chi connectivity index (χ2n) is 4.38. The van der Waals surface area contributed by atoms with Crippen LogP contribution < -0.4 is 4.74 Å². The number of sulfone groups is 1. The molecule has 124 valence electrons. The monoisotopic (exact) mass is 360 g/mol. The predicted molar refractivity (Wildman–Crippen MR) is 72.2 cm³/mol. The van der Waals surface area contributed by atoms with Crippen LogP contribution in [0.5, 0.6) is 5.75 Å². The van der Waals surface area contributed by atoms with Crippen LogP contribution in [0.4, 0.5) is 13.2 Å². The molecule has 0 N–H and O–H groups in total.